The van der Waals surface area contributed by atoms with E-state index in [1.807, 2.05) is 18.2 Å². The van der Waals surface area contributed by atoms with Crippen molar-refractivity contribution in [1.29, 1.82) is 0 Å². The van der Waals surface area contributed by atoms with Crippen LogP contribution in [0.3, 0.4) is 0 Å². The molecule has 1 aromatic carbocycles. The van der Waals surface area contributed by atoms with E-state index in [-0.39, 0.29) is 17.9 Å². The summed E-state index contributed by atoms with van der Waals surface area (Å²) in [5.74, 6) is -0.116. The molecule has 140 valence electrons. The molecule has 0 bridgehead atoms. The van der Waals surface area contributed by atoms with Crippen LogP contribution in [-0.4, -0.2) is 15.5 Å². The molecule has 4 rings (SSSR count). The minimum Gasteiger partial charge on any atom is -0.352 e. The van der Waals surface area contributed by atoms with Crippen LogP contribution >= 0.6 is 22.9 Å². The van der Waals surface area contributed by atoms with E-state index in [2.05, 4.69) is 10.3 Å². The third-order valence-corrected chi connectivity index (χ3v) is 6.52. The predicted octanol–water partition coefficient (Wildman–Crippen LogP) is 3.70. The quantitative estimate of drug-likeness (QED) is 0.709. The zero-order chi connectivity index (χ0) is 18.8. The maximum atomic E-state index is 12.9. The van der Waals surface area contributed by atoms with Gasteiger partial charge in [-0.25, -0.2) is 4.98 Å². The smallest absolute Gasteiger partial charge is 0.262 e. The van der Waals surface area contributed by atoms with E-state index in [9.17, 15) is 9.59 Å². The van der Waals surface area contributed by atoms with Gasteiger partial charge >= 0.3 is 0 Å². The Bertz CT molecular complexity index is 1060. The van der Waals surface area contributed by atoms with E-state index < -0.39 is 0 Å². The molecule has 1 N–H and O–H groups in total. The van der Waals surface area contributed by atoms with Crippen LogP contribution in [0.5, 0.6) is 0 Å². The van der Waals surface area contributed by atoms with Gasteiger partial charge in [0.1, 0.15) is 4.83 Å². The number of carbonyl (C=O) groups is 1. The third-order valence-electron chi connectivity index (χ3n) is 4.96. The second kappa shape index (κ2) is 7.82. The highest BCUT2D eigenvalue weighted by molar-refractivity contribution is 7.18. The van der Waals surface area contributed by atoms with Crippen LogP contribution in [0.4, 0.5) is 0 Å². The molecule has 0 saturated heterocycles. The first-order valence-electron chi connectivity index (χ1n) is 9.13. The first kappa shape index (κ1) is 18.2. The van der Waals surface area contributed by atoms with Crippen molar-refractivity contribution in [3.63, 3.8) is 0 Å². The largest absolute Gasteiger partial charge is 0.352 e. The van der Waals surface area contributed by atoms with Crippen LogP contribution in [0, 0.1) is 0 Å². The van der Waals surface area contributed by atoms with E-state index in [0.29, 0.717) is 18.1 Å². The molecule has 0 aliphatic heterocycles. The number of hydrogen-bond donors (Lipinski definition) is 1. The van der Waals surface area contributed by atoms with Crippen LogP contribution in [0.2, 0.25) is 5.02 Å². The van der Waals surface area contributed by atoms with Crippen molar-refractivity contribution in [2.45, 2.75) is 45.2 Å². The first-order valence-corrected chi connectivity index (χ1v) is 10.3. The number of thiophene rings is 1. The third kappa shape index (κ3) is 3.77. The van der Waals surface area contributed by atoms with Gasteiger partial charge in [-0.2, -0.15) is 0 Å². The van der Waals surface area contributed by atoms with Crippen LogP contribution in [0.15, 0.2) is 35.4 Å². The van der Waals surface area contributed by atoms with Gasteiger partial charge in [0.25, 0.3) is 5.56 Å². The summed E-state index contributed by atoms with van der Waals surface area (Å²) < 4.78 is 1.55. The lowest BCUT2D eigenvalue weighted by atomic mass is 9.97. The number of hydrogen-bond acceptors (Lipinski definition) is 4. The van der Waals surface area contributed by atoms with Crippen molar-refractivity contribution < 1.29 is 4.79 Å². The lowest BCUT2D eigenvalue weighted by Crippen LogP contribution is -2.27. The number of halogens is 1. The topological polar surface area (TPSA) is 64.0 Å². The molecule has 5 nitrogen and oxygen atoms in total. The van der Waals surface area contributed by atoms with Gasteiger partial charge in [-0.15, -0.1) is 11.3 Å². The molecule has 0 saturated carbocycles. The molecule has 0 radical (unpaired) electrons. The van der Waals surface area contributed by atoms with Crippen molar-refractivity contribution in [2.24, 2.45) is 0 Å². The maximum Gasteiger partial charge on any atom is 0.262 e. The SMILES string of the molecule is O=C(CCn1cnc2sc3c(c2c1=O)CCCC3)NCc1ccccc1Cl. The summed E-state index contributed by atoms with van der Waals surface area (Å²) >= 11 is 7.74. The monoisotopic (exact) mass is 401 g/mol. The lowest BCUT2D eigenvalue weighted by Gasteiger charge is -2.11. The van der Waals surface area contributed by atoms with Crippen molar-refractivity contribution in [1.82, 2.24) is 14.9 Å². The van der Waals surface area contributed by atoms with E-state index in [1.54, 1.807) is 28.3 Å². The molecule has 27 heavy (non-hydrogen) atoms. The van der Waals surface area contributed by atoms with Crippen molar-refractivity contribution in [3.05, 3.63) is 62.0 Å². The van der Waals surface area contributed by atoms with Gasteiger partial charge in [-0.05, 0) is 42.9 Å². The number of amides is 1. The fraction of sp³-hybridized carbons (Fsp3) is 0.350. The Kier molecular flexibility index (Phi) is 5.27. The van der Waals surface area contributed by atoms with Gasteiger partial charge in [0.15, 0.2) is 0 Å². The van der Waals surface area contributed by atoms with E-state index in [0.717, 1.165) is 35.0 Å². The van der Waals surface area contributed by atoms with E-state index in [1.165, 1.54) is 16.9 Å². The molecule has 2 aromatic heterocycles. The number of rotatable bonds is 5. The van der Waals surface area contributed by atoms with Crippen molar-refractivity contribution in [3.8, 4) is 0 Å². The lowest BCUT2D eigenvalue weighted by molar-refractivity contribution is -0.121. The summed E-state index contributed by atoms with van der Waals surface area (Å²) in [5, 5.41) is 4.24. The second-order valence-electron chi connectivity index (χ2n) is 6.75. The van der Waals surface area contributed by atoms with Crippen molar-refractivity contribution in [2.75, 3.05) is 0 Å². The Morgan fingerprint density at radius 3 is 2.93 bits per heavy atom. The predicted molar refractivity (Wildman–Crippen MR) is 108 cm³/mol. The maximum absolute atomic E-state index is 12.9. The Morgan fingerprint density at radius 2 is 2.07 bits per heavy atom. The van der Waals surface area contributed by atoms with Crippen LogP contribution in [-0.2, 0) is 30.7 Å². The highest BCUT2D eigenvalue weighted by Crippen LogP contribution is 2.33. The average Bonchev–Trinajstić information content (AvgIpc) is 3.06. The fourth-order valence-electron chi connectivity index (χ4n) is 3.49. The summed E-state index contributed by atoms with van der Waals surface area (Å²) in [5.41, 5.74) is 2.02. The number of nitrogens with zero attached hydrogens (tertiary/aromatic N) is 2. The Hall–Kier alpha value is -2.18. The zero-order valence-electron chi connectivity index (χ0n) is 14.8. The average molecular weight is 402 g/mol. The number of aromatic nitrogens is 2. The van der Waals surface area contributed by atoms with Crippen molar-refractivity contribution >= 4 is 39.1 Å². The number of nitrogens with one attached hydrogen (secondary N) is 1. The minimum atomic E-state index is -0.116. The van der Waals surface area contributed by atoms with E-state index in [4.69, 9.17) is 11.6 Å². The minimum absolute atomic E-state index is 0.0293. The van der Waals surface area contributed by atoms with Crippen LogP contribution < -0.4 is 10.9 Å². The molecule has 3 aromatic rings. The van der Waals surface area contributed by atoms with Gasteiger partial charge in [0.05, 0.1) is 11.7 Å². The van der Waals surface area contributed by atoms with Gasteiger partial charge in [-0.3, -0.25) is 14.2 Å². The summed E-state index contributed by atoms with van der Waals surface area (Å²) in [4.78, 5) is 31.6. The van der Waals surface area contributed by atoms with Gasteiger partial charge < -0.3 is 5.32 Å². The van der Waals surface area contributed by atoms with Crippen LogP contribution in [0.25, 0.3) is 10.2 Å². The van der Waals surface area contributed by atoms with Gasteiger partial charge in [0.2, 0.25) is 5.91 Å². The Labute approximate surface area is 166 Å². The molecule has 0 unspecified atom stereocenters. The van der Waals surface area contributed by atoms with Gasteiger partial charge in [-0.1, -0.05) is 29.8 Å². The fourth-order valence-corrected chi connectivity index (χ4v) is 4.91. The van der Waals surface area contributed by atoms with Crippen LogP contribution in [0.1, 0.15) is 35.3 Å². The van der Waals surface area contributed by atoms with Gasteiger partial charge in [0, 0.05) is 29.4 Å². The molecule has 0 spiro atoms. The number of carbonyl (C=O) groups excluding carboxylic acids is 1. The Morgan fingerprint density at radius 1 is 1.26 bits per heavy atom. The summed E-state index contributed by atoms with van der Waals surface area (Å²) in [7, 11) is 0. The standard InChI is InChI=1S/C20H20ClN3O2S/c21-15-7-3-1-5-13(15)11-22-17(25)9-10-24-12-23-19-18(20(24)26)14-6-2-4-8-16(14)27-19/h1,3,5,7,12H,2,4,6,8-11H2,(H,22,25). The number of benzene rings is 1. The first-order chi connectivity index (χ1) is 13.1. The molecular formula is C20H20ClN3O2S. The molecule has 1 aliphatic carbocycles. The second-order valence-corrected chi connectivity index (χ2v) is 8.24. The van der Waals surface area contributed by atoms with E-state index >= 15 is 0 Å². The number of aryl methyl sites for hydroxylation is 3. The Balaban J connectivity index is 1.44. The molecule has 1 aliphatic rings. The zero-order valence-corrected chi connectivity index (χ0v) is 16.4. The molecule has 0 atom stereocenters. The highest BCUT2D eigenvalue weighted by Gasteiger charge is 2.20. The normalized spacial score (nSPS) is 13.5. The molecule has 1 amide bonds. The highest BCUT2D eigenvalue weighted by atomic mass is 35.5. The molecule has 7 heteroatoms. The molecule has 2 heterocycles. The molecule has 0 fully saturated rings. The summed E-state index contributed by atoms with van der Waals surface area (Å²) in [6.45, 7) is 0.698. The molecular weight excluding hydrogens is 382 g/mol. The number of fused-ring (bicyclic) bond motifs is 3. The summed E-state index contributed by atoms with van der Waals surface area (Å²) in [6.07, 6.45) is 6.09. The summed E-state index contributed by atoms with van der Waals surface area (Å²) in [6, 6.07) is 7.41.